The first kappa shape index (κ1) is 18.2. The number of nitrogens with one attached hydrogen (secondary N) is 1. The summed E-state index contributed by atoms with van der Waals surface area (Å²) in [6.45, 7) is 8.64. The van der Waals surface area contributed by atoms with Crippen LogP contribution < -0.4 is 5.32 Å². The van der Waals surface area contributed by atoms with Gasteiger partial charge in [0.1, 0.15) is 5.69 Å². The molecular formula is C19H27N3O2. The molecule has 130 valence electrons. The van der Waals surface area contributed by atoms with Crippen molar-refractivity contribution in [1.29, 1.82) is 0 Å². The van der Waals surface area contributed by atoms with E-state index in [1.54, 1.807) is 4.68 Å². The summed E-state index contributed by atoms with van der Waals surface area (Å²) >= 11 is 0. The van der Waals surface area contributed by atoms with Crippen molar-refractivity contribution in [2.45, 2.75) is 58.7 Å². The number of aliphatic hydroxyl groups is 1. The summed E-state index contributed by atoms with van der Waals surface area (Å²) in [4.78, 5) is 12.5. The van der Waals surface area contributed by atoms with Gasteiger partial charge in [-0.05, 0) is 37.8 Å². The minimum atomic E-state index is -0.594. The minimum absolute atomic E-state index is 0.143. The molecule has 0 saturated carbocycles. The van der Waals surface area contributed by atoms with Gasteiger partial charge in [0.15, 0.2) is 0 Å². The van der Waals surface area contributed by atoms with E-state index in [1.165, 1.54) is 0 Å². The highest BCUT2D eigenvalue weighted by atomic mass is 16.3. The number of aliphatic hydroxyl groups excluding tert-OH is 1. The molecule has 0 aliphatic carbocycles. The predicted molar refractivity (Wildman–Crippen MR) is 94.9 cm³/mol. The summed E-state index contributed by atoms with van der Waals surface area (Å²) in [6.07, 6.45) is -0.128. The van der Waals surface area contributed by atoms with Gasteiger partial charge in [0, 0.05) is 12.6 Å². The van der Waals surface area contributed by atoms with Crippen LogP contribution in [0.3, 0.4) is 0 Å². The number of hydrogen-bond acceptors (Lipinski definition) is 3. The fourth-order valence-corrected chi connectivity index (χ4v) is 2.65. The van der Waals surface area contributed by atoms with Gasteiger partial charge in [-0.25, -0.2) is 0 Å². The lowest BCUT2D eigenvalue weighted by atomic mass is 10.0. The van der Waals surface area contributed by atoms with Gasteiger partial charge in [-0.3, -0.25) is 9.48 Å². The maximum atomic E-state index is 12.5. The van der Waals surface area contributed by atoms with Crippen LogP contribution in [0.25, 0.3) is 0 Å². The molecule has 0 aliphatic rings. The topological polar surface area (TPSA) is 67.2 Å². The zero-order valence-electron chi connectivity index (χ0n) is 14.9. The zero-order chi connectivity index (χ0) is 17.7. The van der Waals surface area contributed by atoms with E-state index in [0.717, 1.165) is 11.3 Å². The monoisotopic (exact) mass is 329 g/mol. The summed E-state index contributed by atoms with van der Waals surface area (Å²) in [5, 5.41) is 17.7. The minimum Gasteiger partial charge on any atom is -0.388 e. The molecule has 1 heterocycles. The Morgan fingerprint density at radius 1 is 1.25 bits per heavy atom. The number of aromatic nitrogens is 2. The number of nitrogens with zero attached hydrogens (tertiary/aromatic N) is 2. The van der Waals surface area contributed by atoms with Crippen molar-refractivity contribution in [3.8, 4) is 0 Å². The highest BCUT2D eigenvalue weighted by Crippen LogP contribution is 2.19. The molecule has 2 aromatic rings. The van der Waals surface area contributed by atoms with Crippen molar-refractivity contribution in [2.24, 2.45) is 0 Å². The lowest BCUT2D eigenvalue weighted by Crippen LogP contribution is -2.35. The van der Waals surface area contributed by atoms with Gasteiger partial charge in [-0.2, -0.15) is 5.10 Å². The van der Waals surface area contributed by atoms with Crippen molar-refractivity contribution in [3.63, 3.8) is 0 Å². The molecule has 1 aromatic carbocycles. The van der Waals surface area contributed by atoms with E-state index in [-0.39, 0.29) is 17.9 Å². The van der Waals surface area contributed by atoms with Crippen LogP contribution in [0.4, 0.5) is 0 Å². The van der Waals surface area contributed by atoms with E-state index in [0.29, 0.717) is 18.7 Å². The van der Waals surface area contributed by atoms with Crippen molar-refractivity contribution >= 4 is 5.91 Å². The van der Waals surface area contributed by atoms with Crippen LogP contribution >= 0.6 is 0 Å². The van der Waals surface area contributed by atoms with Crippen LogP contribution in [-0.2, 0) is 6.54 Å². The second-order valence-corrected chi connectivity index (χ2v) is 6.46. The Balaban J connectivity index is 2.01. The molecule has 24 heavy (non-hydrogen) atoms. The summed E-state index contributed by atoms with van der Waals surface area (Å²) in [7, 11) is 0. The van der Waals surface area contributed by atoms with Crippen LogP contribution in [0.2, 0.25) is 0 Å². The van der Waals surface area contributed by atoms with Gasteiger partial charge in [0.25, 0.3) is 5.91 Å². The first-order valence-electron chi connectivity index (χ1n) is 8.54. The highest BCUT2D eigenvalue weighted by molar-refractivity contribution is 5.92. The van der Waals surface area contributed by atoms with E-state index >= 15 is 0 Å². The third kappa shape index (κ3) is 4.45. The van der Waals surface area contributed by atoms with Gasteiger partial charge in [-0.15, -0.1) is 0 Å². The second-order valence-electron chi connectivity index (χ2n) is 6.46. The smallest absolute Gasteiger partial charge is 0.269 e. The number of hydrogen-bond donors (Lipinski definition) is 2. The Morgan fingerprint density at radius 3 is 2.50 bits per heavy atom. The SMILES string of the molecule is CCn1nc(C(C)C)cc1C(=O)NC(C)CC(O)c1ccccc1. The molecule has 0 bridgehead atoms. The lowest BCUT2D eigenvalue weighted by Gasteiger charge is -2.18. The normalized spacial score (nSPS) is 13.8. The number of carbonyl (C=O) groups is 1. The fourth-order valence-electron chi connectivity index (χ4n) is 2.65. The van der Waals surface area contributed by atoms with Crippen LogP contribution in [0.1, 0.15) is 67.9 Å². The number of benzene rings is 1. The average Bonchev–Trinajstić information content (AvgIpc) is 3.00. The number of carbonyl (C=O) groups excluding carboxylic acids is 1. The fraction of sp³-hybridized carbons (Fsp3) is 0.474. The molecule has 0 aliphatic heterocycles. The van der Waals surface area contributed by atoms with Gasteiger partial charge in [0.05, 0.1) is 11.8 Å². The van der Waals surface area contributed by atoms with Crippen molar-refractivity contribution in [2.75, 3.05) is 0 Å². The van der Waals surface area contributed by atoms with Gasteiger partial charge >= 0.3 is 0 Å². The third-order valence-corrected chi connectivity index (χ3v) is 4.06. The van der Waals surface area contributed by atoms with E-state index in [1.807, 2.05) is 50.2 Å². The maximum Gasteiger partial charge on any atom is 0.269 e. The standard InChI is InChI=1S/C19H27N3O2/c1-5-22-17(12-16(21-22)13(2)3)19(24)20-14(4)11-18(23)15-9-7-6-8-10-15/h6-10,12-14,18,23H,5,11H2,1-4H3,(H,20,24). The van der Waals surface area contributed by atoms with E-state index in [2.05, 4.69) is 24.3 Å². The maximum absolute atomic E-state index is 12.5. The van der Waals surface area contributed by atoms with Crippen molar-refractivity contribution in [1.82, 2.24) is 15.1 Å². The second kappa shape index (κ2) is 8.11. The Morgan fingerprint density at radius 2 is 1.92 bits per heavy atom. The number of rotatable bonds is 7. The van der Waals surface area contributed by atoms with Gasteiger partial charge in [-0.1, -0.05) is 44.2 Å². The summed E-state index contributed by atoms with van der Waals surface area (Å²) in [6, 6.07) is 11.2. The highest BCUT2D eigenvalue weighted by Gasteiger charge is 2.19. The van der Waals surface area contributed by atoms with E-state index < -0.39 is 6.10 Å². The van der Waals surface area contributed by atoms with Gasteiger partial charge < -0.3 is 10.4 Å². The first-order valence-corrected chi connectivity index (χ1v) is 8.54. The molecule has 5 nitrogen and oxygen atoms in total. The Kier molecular flexibility index (Phi) is 6.15. The predicted octanol–water partition coefficient (Wildman–Crippen LogP) is 3.27. The molecular weight excluding hydrogens is 302 g/mol. The van der Waals surface area contributed by atoms with Crippen LogP contribution in [0.15, 0.2) is 36.4 Å². The Labute approximate surface area is 143 Å². The quantitative estimate of drug-likeness (QED) is 0.819. The van der Waals surface area contributed by atoms with E-state index in [4.69, 9.17) is 0 Å². The molecule has 0 radical (unpaired) electrons. The zero-order valence-corrected chi connectivity index (χ0v) is 14.9. The Hall–Kier alpha value is -2.14. The van der Waals surface area contributed by atoms with Gasteiger partial charge in [0.2, 0.25) is 0 Å². The summed E-state index contributed by atoms with van der Waals surface area (Å²) in [5.74, 6) is 0.130. The molecule has 2 N–H and O–H groups in total. The third-order valence-electron chi connectivity index (χ3n) is 4.06. The van der Waals surface area contributed by atoms with Crippen LogP contribution in [0.5, 0.6) is 0 Å². The number of amides is 1. The van der Waals surface area contributed by atoms with Crippen LogP contribution in [0, 0.1) is 0 Å². The summed E-state index contributed by atoms with van der Waals surface area (Å²) in [5.41, 5.74) is 2.35. The molecule has 0 fully saturated rings. The molecule has 0 spiro atoms. The number of aryl methyl sites for hydroxylation is 1. The molecule has 2 unspecified atom stereocenters. The molecule has 1 amide bonds. The van der Waals surface area contributed by atoms with Crippen LogP contribution in [-0.4, -0.2) is 26.8 Å². The molecule has 2 atom stereocenters. The molecule has 1 aromatic heterocycles. The first-order chi connectivity index (χ1) is 11.4. The lowest BCUT2D eigenvalue weighted by molar-refractivity contribution is 0.0906. The van der Waals surface area contributed by atoms with E-state index in [9.17, 15) is 9.90 Å². The van der Waals surface area contributed by atoms with Crippen molar-refractivity contribution in [3.05, 3.63) is 53.3 Å². The molecule has 2 rings (SSSR count). The molecule has 5 heteroatoms. The molecule has 0 saturated heterocycles. The average molecular weight is 329 g/mol. The van der Waals surface area contributed by atoms with Crippen molar-refractivity contribution < 1.29 is 9.90 Å². The summed E-state index contributed by atoms with van der Waals surface area (Å²) < 4.78 is 1.73. The largest absolute Gasteiger partial charge is 0.388 e. The Bertz CT molecular complexity index is 665.